The Balaban J connectivity index is 2.36. The minimum Gasteiger partial charge on any atom is -0.315 e. The first kappa shape index (κ1) is 8.80. The van der Waals surface area contributed by atoms with E-state index in [1.807, 2.05) is 0 Å². The van der Waals surface area contributed by atoms with Crippen LogP contribution in [0.1, 0.15) is 12.8 Å². The highest BCUT2D eigenvalue weighted by molar-refractivity contribution is 5.80. The molecule has 0 spiro atoms. The molecular weight excluding hydrogens is 185 g/mol. The van der Waals surface area contributed by atoms with Crippen molar-refractivity contribution in [2.75, 3.05) is 13.1 Å². The lowest BCUT2D eigenvalue weighted by Gasteiger charge is -2.33. The summed E-state index contributed by atoms with van der Waals surface area (Å²) in [4.78, 5) is 12.0. The quantitative estimate of drug-likeness (QED) is 0.608. The molecule has 0 aromatic heterocycles. The van der Waals surface area contributed by atoms with E-state index in [9.17, 15) is 18.0 Å². The van der Waals surface area contributed by atoms with Crippen LogP contribution in [0.4, 0.5) is 13.2 Å². The summed E-state index contributed by atoms with van der Waals surface area (Å²) in [6.07, 6.45) is -4.53. The van der Waals surface area contributed by atoms with E-state index in [2.05, 4.69) is 5.32 Å². The number of alkyl halides is 3. The summed E-state index contributed by atoms with van der Waals surface area (Å²) in [6, 6.07) is 0. The molecule has 2 fully saturated rings. The molecule has 2 rings (SSSR count). The van der Waals surface area contributed by atoms with Gasteiger partial charge in [-0.15, -0.1) is 0 Å². The molecular formula is C7H9F3N2O. The zero-order valence-corrected chi connectivity index (χ0v) is 6.82. The molecule has 0 aliphatic carbocycles. The average Bonchev–Trinajstić information content (AvgIpc) is 2.51. The fourth-order valence-electron chi connectivity index (χ4n) is 2.04. The van der Waals surface area contributed by atoms with Gasteiger partial charge in [0.1, 0.15) is 0 Å². The van der Waals surface area contributed by atoms with Gasteiger partial charge in [-0.05, 0) is 0 Å². The predicted octanol–water partition coefficient (Wildman–Crippen LogP) is 0.471. The SMILES string of the molecule is O=C1CC[C@]2(C(F)(F)F)NCCN12. The molecule has 0 bridgehead atoms. The van der Waals surface area contributed by atoms with Crippen molar-refractivity contribution in [3.63, 3.8) is 0 Å². The lowest BCUT2D eigenvalue weighted by atomic mass is 10.1. The van der Waals surface area contributed by atoms with Crippen molar-refractivity contribution in [1.82, 2.24) is 10.2 Å². The third kappa shape index (κ3) is 0.979. The molecule has 74 valence electrons. The number of hydrogen-bond acceptors (Lipinski definition) is 2. The highest BCUT2D eigenvalue weighted by atomic mass is 19.4. The summed E-state index contributed by atoms with van der Waals surface area (Å²) in [6.45, 7) is 0.392. The molecule has 0 unspecified atom stereocenters. The van der Waals surface area contributed by atoms with E-state index in [0.717, 1.165) is 4.90 Å². The van der Waals surface area contributed by atoms with E-state index >= 15 is 0 Å². The van der Waals surface area contributed by atoms with Gasteiger partial charge in [0.15, 0.2) is 5.66 Å². The second-order valence-corrected chi connectivity index (χ2v) is 3.33. The Hall–Kier alpha value is -0.780. The maximum atomic E-state index is 12.6. The Morgan fingerprint density at radius 1 is 1.46 bits per heavy atom. The highest BCUT2D eigenvalue weighted by Gasteiger charge is 2.64. The number of nitrogens with one attached hydrogen (secondary N) is 1. The fraction of sp³-hybridized carbons (Fsp3) is 0.857. The fourth-order valence-corrected chi connectivity index (χ4v) is 2.04. The zero-order valence-electron chi connectivity index (χ0n) is 6.82. The molecule has 1 N–H and O–H groups in total. The monoisotopic (exact) mass is 194 g/mol. The average molecular weight is 194 g/mol. The van der Waals surface area contributed by atoms with E-state index in [1.54, 1.807) is 0 Å². The molecule has 0 aromatic carbocycles. The number of carbonyl (C=O) groups excluding carboxylic acids is 1. The number of amides is 1. The van der Waals surface area contributed by atoms with E-state index < -0.39 is 17.7 Å². The summed E-state index contributed by atoms with van der Waals surface area (Å²) in [5.74, 6) is -0.401. The normalized spacial score (nSPS) is 34.1. The molecule has 0 radical (unpaired) electrons. The van der Waals surface area contributed by atoms with Crippen LogP contribution in [0, 0.1) is 0 Å². The van der Waals surface area contributed by atoms with E-state index in [0.29, 0.717) is 0 Å². The number of carbonyl (C=O) groups is 1. The number of halogens is 3. The van der Waals surface area contributed by atoms with Gasteiger partial charge in [-0.25, -0.2) is 0 Å². The maximum Gasteiger partial charge on any atom is 0.425 e. The molecule has 1 amide bonds. The van der Waals surface area contributed by atoms with Gasteiger partial charge in [-0.2, -0.15) is 13.2 Å². The smallest absolute Gasteiger partial charge is 0.315 e. The van der Waals surface area contributed by atoms with Crippen LogP contribution in [0.2, 0.25) is 0 Å². The summed E-state index contributed by atoms with van der Waals surface area (Å²) in [5.41, 5.74) is -2.05. The molecule has 0 aromatic rings. The van der Waals surface area contributed by atoms with Gasteiger partial charge in [0.05, 0.1) is 0 Å². The van der Waals surface area contributed by atoms with Crippen LogP contribution < -0.4 is 5.32 Å². The maximum absolute atomic E-state index is 12.6. The van der Waals surface area contributed by atoms with Gasteiger partial charge < -0.3 is 4.90 Å². The lowest BCUT2D eigenvalue weighted by molar-refractivity contribution is -0.222. The Morgan fingerprint density at radius 3 is 2.69 bits per heavy atom. The first-order valence-corrected chi connectivity index (χ1v) is 4.10. The predicted molar refractivity (Wildman–Crippen MR) is 37.7 cm³/mol. The standard InChI is InChI=1S/C7H9F3N2O/c8-7(9,10)6-2-1-5(13)12(6)4-3-11-6/h11H,1-4H2/t6-/m0/s1. The molecule has 0 saturated carbocycles. The number of nitrogens with zero attached hydrogens (tertiary/aromatic N) is 1. The molecule has 13 heavy (non-hydrogen) atoms. The van der Waals surface area contributed by atoms with Crippen molar-refractivity contribution in [2.45, 2.75) is 24.7 Å². The molecule has 2 aliphatic rings. The van der Waals surface area contributed by atoms with Crippen LogP contribution >= 0.6 is 0 Å². The van der Waals surface area contributed by atoms with Crippen molar-refractivity contribution in [2.24, 2.45) is 0 Å². The topological polar surface area (TPSA) is 32.3 Å². The van der Waals surface area contributed by atoms with Crippen LogP contribution in [0.5, 0.6) is 0 Å². The van der Waals surface area contributed by atoms with Crippen molar-refractivity contribution in [3.05, 3.63) is 0 Å². The van der Waals surface area contributed by atoms with Crippen molar-refractivity contribution in [1.29, 1.82) is 0 Å². The van der Waals surface area contributed by atoms with E-state index in [1.165, 1.54) is 0 Å². The van der Waals surface area contributed by atoms with Gasteiger partial charge in [-0.3, -0.25) is 10.1 Å². The molecule has 6 heteroatoms. The van der Waals surface area contributed by atoms with Crippen LogP contribution in [0.3, 0.4) is 0 Å². The molecule has 2 heterocycles. The first-order chi connectivity index (χ1) is 5.97. The van der Waals surface area contributed by atoms with Gasteiger partial charge in [0, 0.05) is 25.9 Å². The van der Waals surface area contributed by atoms with Gasteiger partial charge in [0.2, 0.25) is 5.91 Å². The van der Waals surface area contributed by atoms with E-state index in [-0.39, 0.29) is 25.9 Å². The number of rotatable bonds is 0. The summed E-state index contributed by atoms with van der Waals surface area (Å²) < 4.78 is 37.9. The third-order valence-electron chi connectivity index (χ3n) is 2.68. The van der Waals surface area contributed by atoms with Crippen molar-refractivity contribution >= 4 is 5.91 Å². The van der Waals surface area contributed by atoms with Gasteiger partial charge in [0.25, 0.3) is 0 Å². The Kier molecular flexibility index (Phi) is 1.61. The number of fused-ring (bicyclic) bond motifs is 1. The summed E-state index contributed by atoms with van der Waals surface area (Å²) >= 11 is 0. The van der Waals surface area contributed by atoms with Gasteiger partial charge >= 0.3 is 6.18 Å². The largest absolute Gasteiger partial charge is 0.425 e. The Labute approximate surface area is 72.9 Å². The van der Waals surface area contributed by atoms with Crippen LogP contribution in [-0.4, -0.2) is 35.7 Å². The van der Waals surface area contributed by atoms with Crippen LogP contribution in [0.25, 0.3) is 0 Å². The summed E-state index contributed by atoms with van der Waals surface area (Å²) in [7, 11) is 0. The third-order valence-corrected chi connectivity index (χ3v) is 2.68. The number of hydrogen-bond donors (Lipinski definition) is 1. The van der Waals surface area contributed by atoms with Crippen LogP contribution in [0.15, 0.2) is 0 Å². The first-order valence-electron chi connectivity index (χ1n) is 4.10. The van der Waals surface area contributed by atoms with E-state index in [4.69, 9.17) is 0 Å². The molecule has 1 atom stereocenters. The molecule has 2 saturated heterocycles. The molecule has 3 nitrogen and oxygen atoms in total. The minimum absolute atomic E-state index is 0.00743. The van der Waals surface area contributed by atoms with Gasteiger partial charge in [-0.1, -0.05) is 0 Å². The summed E-state index contributed by atoms with van der Waals surface area (Å²) in [5, 5.41) is 2.38. The lowest BCUT2D eigenvalue weighted by Crippen LogP contribution is -2.59. The minimum atomic E-state index is -4.37. The molecule has 2 aliphatic heterocycles. The Bertz CT molecular complexity index is 253. The second-order valence-electron chi connectivity index (χ2n) is 3.33. The second kappa shape index (κ2) is 2.37. The Morgan fingerprint density at radius 2 is 2.15 bits per heavy atom. The van der Waals surface area contributed by atoms with Crippen LogP contribution in [-0.2, 0) is 4.79 Å². The zero-order chi connectivity index (χ0) is 9.69. The highest BCUT2D eigenvalue weighted by Crippen LogP contribution is 2.43. The van der Waals surface area contributed by atoms with Crippen molar-refractivity contribution < 1.29 is 18.0 Å². The van der Waals surface area contributed by atoms with Crippen molar-refractivity contribution in [3.8, 4) is 0 Å².